The molecule has 0 bridgehead atoms. The Labute approximate surface area is 218 Å². The van der Waals surface area contributed by atoms with Gasteiger partial charge in [0.2, 0.25) is 0 Å². The SMILES string of the molecule is O=C1COc2ccc(N3CC(CCNCc4cccc(-c5cc(OC6COC6)cnn5)c4)OC3=O)nc2N1. The number of ether oxygens (including phenoxy) is 4. The molecule has 5 heterocycles. The van der Waals surface area contributed by atoms with Gasteiger partial charge in [0, 0.05) is 18.2 Å². The van der Waals surface area contributed by atoms with E-state index in [1.165, 1.54) is 4.90 Å². The molecule has 2 aromatic heterocycles. The lowest BCUT2D eigenvalue weighted by Crippen LogP contribution is -2.38. The number of hydrogen-bond acceptors (Lipinski definition) is 10. The molecule has 0 spiro atoms. The van der Waals surface area contributed by atoms with Crippen LogP contribution in [0.15, 0.2) is 48.7 Å². The lowest BCUT2D eigenvalue weighted by Gasteiger charge is -2.26. The van der Waals surface area contributed by atoms with Crippen molar-refractivity contribution in [3.63, 3.8) is 0 Å². The number of nitrogens with zero attached hydrogens (tertiary/aromatic N) is 4. The monoisotopic (exact) mass is 518 g/mol. The van der Waals surface area contributed by atoms with Crippen LogP contribution >= 0.6 is 0 Å². The second-order valence-corrected chi connectivity index (χ2v) is 9.19. The molecule has 2 saturated heterocycles. The zero-order valence-electron chi connectivity index (χ0n) is 20.5. The predicted molar refractivity (Wildman–Crippen MR) is 135 cm³/mol. The molecule has 38 heavy (non-hydrogen) atoms. The summed E-state index contributed by atoms with van der Waals surface area (Å²) >= 11 is 0. The van der Waals surface area contributed by atoms with Crippen LogP contribution < -0.4 is 25.0 Å². The number of cyclic esters (lactones) is 1. The molecule has 3 aromatic rings. The van der Waals surface area contributed by atoms with Gasteiger partial charge in [0.15, 0.2) is 18.2 Å². The molecule has 12 heteroatoms. The third-order valence-electron chi connectivity index (χ3n) is 6.35. The molecule has 3 aliphatic rings. The maximum Gasteiger partial charge on any atom is 0.415 e. The zero-order valence-corrected chi connectivity index (χ0v) is 20.5. The number of aromatic nitrogens is 3. The van der Waals surface area contributed by atoms with E-state index < -0.39 is 6.09 Å². The van der Waals surface area contributed by atoms with E-state index in [2.05, 4.69) is 31.9 Å². The van der Waals surface area contributed by atoms with Crippen molar-refractivity contribution < 1.29 is 28.5 Å². The summed E-state index contributed by atoms with van der Waals surface area (Å²) < 4.78 is 21.8. The van der Waals surface area contributed by atoms with E-state index in [0.29, 0.717) is 62.4 Å². The Morgan fingerprint density at radius 3 is 2.95 bits per heavy atom. The van der Waals surface area contributed by atoms with E-state index in [-0.39, 0.29) is 24.7 Å². The van der Waals surface area contributed by atoms with Gasteiger partial charge in [-0.3, -0.25) is 9.69 Å². The first-order valence-corrected chi connectivity index (χ1v) is 12.4. The molecule has 0 saturated carbocycles. The smallest absolute Gasteiger partial charge is 0.415 e. The van der Waals surface area contributed by atoms with Gasteiger partial charge in [0.05, 0.1) is 31.6 Å². The van der Waals surface area contributed by atoms with Gasteiger partial charge in [0.25, 0.3) is 5.91 Å². The number of pyridine rings is 1. The van der Waals surface area contributed by atoms with Crippen LogP contribution in [0, 0.1) is 0 Å². The van der Waals surface area contributed by atoms with E-state index in [0.717, 1.165) is 16.8 Å². The van der Waals surface area contributed by atoms with E-state index in [1.807, 2.05) is 24.3 Å². The van der Waals surface area contributed by atoms with Gasteiger partial charge in [-0.2, -0.15) is 10.2 Å². The summed E-state index contributed by atoms with van der Waals surface area (Å²) in [6.45, 7) is 2.82. The number of fused-ring (bicyclic) bond motifs is 1. The van der Waals surface area contributed by atoms with Crippen molar-refractivity contribution in [3.05, 3.63) is 54.2 Å². The molecule has 2 N–H and O–H groups in total. The van der Waals surface area contributed by atoms with Gasteiger partial charge < -0.3 is 29.6 Å². The van der Waals surface area contributed by atoms with Gasteiger partial charge >= 0.3 is 6.09 Å². The maximum absolute atomic E-state index is 12.4. The Kier molecular flexibility index (Phi) is 6.71. The number of carbonyl (C=O) groups excluding carboxylic acids is 2. The van der Waals surface area contributed by atoms with Crippen molar-refractivity contribution in [1.29, 1.82) is 0 Å². The Balaban J connectivity index is 1.00. The summed E-state index contributed by atoms with van der Waals surface area (Å²) in [4.78, 5) is 29.8. The van der Waals surface area contributed by atoms with Crippen molar-refractivity contribution >= 4 is 23.6 Å². The fraction of sp³-hybridized carbons (Fsp3) is 0.346. The molecule has 1 aromatic carbocycles. The maximum atomic E-state index is 12.4. The van der Waals surface area contributed by atoms with Crippen LogP contribution in [0.4, 0.5) is 16.4 Å². The van der Waals surface area contributed by atoms with Crippen molar-refractivity contribution in [1.82, 2.24) is 20.5 Å². The molecule has 1 atom stereocenters. The molecular formula is C26H26N6O6. The number of benzene rings is 1. The third kappa shape index (κ3) is 5.36. The van der Waals surface area contributed by atoms with Crippen LogP contribution in [-0.2, 0) is 20.8 Å². The highest BCUT2D eigenvalue weighted by Crippen LogP contribution is 2.30. The van der Waals surface area contributed by atoms with Gasteiger partial charge in [0.1, 0.15) is 23.8 Å². The van der Waals surface area contributed by atoms with Crippen LogP contribution in [0.25, 0.3) is 11.3 Å². The van der Waals surface area contributed by atoms with Crippen LogP contribution in [0.3, 0.4) is 0 Å². The third-order valence-corrected chi connectivity index (χ3v) is 6.35. The van der Waals surface area contributed by atoms with Gasteiger partial charge in [-0.1, -0.05) is 18.2 Å². The van der Waals surface area contributed by atoms with Crippen LogP contribution in [0.2, 0.25) is 0 Å². The molecule has 6 rings (SSSR count). The van der Waals surface area contributed by atoms with E-state index in [1.54, 1.807) is 18.3 Å². The van der Waals surface area contributed by atoms with Crippen molar-refractivity contribution in [2.24, 2.45) is 0 Å². The summed E-state index contributed by atoms with van der Waals surface area (Å²) in [7, 11) is 0. The highest BCUT2D eigenvalue weighted by atomic mass is 16.6. The molecule has 196 valence electrons. The highest BCUT2D eigenvalue weighted by molar-refractivity contribution is 5.95. The summed E-state index contributed by atoms with van der Waals surface area (Å²) in [5.74, 6) is 1.58. The number of rotatable bonds is 9. The second kappa shape index (κ2) is 10.6. The normalized spacial score (nSPS) is 18.7. The summed E-state index contributed by atoms with van der Waals surface area (Å²) in [6, 6.07) is 13.3. The number of nitrogens with one attached hydrogen (secondary N) is 2. The Morgan fingerprint density at radius 1 is 1.16 bits per heavy atom. The molecule has 12 nitrogen and oxygen atoms in total. The number of hydrogen-bond donors (Lipinski definition) is 2. The molecule has 0 radical (unpaired) electrons. The summed E-state index contributed by atoms with van der Waals surface area (Å²) in [6.07, 6.45) is 1.58. The van der Waals surface area contributed by atoms with E-state index in [9.17, 15) is 9.59 Å². The lowest BCUT2D eigenvalue weighted by molar-refractivity contribution is -0.118. The molecular weight excluding hydrogens is 492 g/mol. The average Bonchev–Trinajstić information content (AvgIpc) is 3.29. The van der Waals surface area contributed by atoms with Crippen LogP contribution in [0.1, 0.15) is 12.0 Å². The molecule has 2 amide bonds. The van der Waals surface area contributed by atoms with Crippen molar-refractivity contribution in [3.8, 4) is 22.8 Å². The first-order valence-electron chi connectivity index (χ1n) is 12.4. The lowest BCUT2D eigenvalue weighted by atomic mass is 10.1. The predicted octanol–water partition coefficient (Wildman–Crippen LogP) is 2.15. The molecule has 1 unspecified atom stereocenters. The number of carbonyl (C=O) groups is 2. The van der Waals surface area contributed by atoms with Gasteiger partial charge in [-0.15, -0.1) is 0 Å². The van der Waals surface area contributed by atoms with Crippen LogP contribution in [-0.4, -0.2) is 72.3 Å². The van der Waals surface area contributed by atoms with Gasteiger partial charge in [-0.25, -0.2) is 9.78 Å². The minimum absolute atomic E-state index is 0.0496. The summed E-state index contributed by atoms with van der Waals surface area (Å²) in [5.41, 5.74) is 2.78. The topological polar surface area (TPSA) is 137 Å². The number of anilines is 2. The fourth-order valence-corrected chi connectivity index (χ4v) is 4.33. The Hall–Kier alpha value is -4.29. The highest BCUT2D eigenvalue weighted by Gasteiger charge is 2.33. The zero-order chi connectivity index (χ0) is 25.9. The largest absolute Gasteiger partial charge is 0.484 e. The standard InChI is InChI=1S/C26H26N6O6/c33-24-15-36-22-4-5-23(29-25(22)30-24)32-12-18(38-26(32)34)6-7-27-10-16-2-1-3-17(8-16)21-9-19(11-28-31-21)37-20-13-35-14-20/h1-5,8-9,11,18,20,27H,6-7,10,12-15H2,(H,29,30,33). The minimum Gasteiger partial charge on any atom is -0.484 e. The van der Waals surface area contributed by atoms with Crippen molar-refractivity contribution in [2.75, 3.05) is 43.1 Å². The Morgan fingerprint density at radius 2 is 2.08 bits per heavy atom. The van der Waals surface area contributed by atoms with Crippen molar-refractivity contribution in [2.45, 2.75) is 25.2 Å². The van der Waals surface area contributed by atoms with Crippen LogP contribution in [0.5, 0.6) is 11.5 Å². The van der Waals surface area contributed by atoms with E-state index in [4.69, 9.17) is 18.9 Å². The average molecular weight is 519 g/mol. The fourth-order valence-electron chi connectivity index (χ4n) is 4.33. The minimum atomic E-state index is -0.463. The van der Waals surface area contributed by atoms with E-state index >= 15 is 0 Å². The Bertz CT molecular complexity index is 1350. The first-order chi connectivity index (χ1) is 18.6. The quantitative estimate of drug-likeness (QED) is 0.405. The first kappa shape index (κ1) is 24.1. The van der Waals surface area contributed by atoms with Gasteiger partial charge in [-0.05, 0) is 36.7 Å². The molecule has 3 aliphatic heterocycles. The summed E-state index contributed by atoms with van der Waals surface area (Å²) in [5, 5.41) is 14.4. The molecule has 0 aliphatic carbocycles. The second-order valence-electron chi connectivity index (χ2n) is 9.19. The number of amides is 2. The molecule has 2 fully saturated rings.